The Morgan fingerprint density at radius 1 is 0.900 bits per heavy atom. The topological polar surface area (TPSA) is 49.4 Å². The molecule has 30 heavy (non-hydrogen) atoms. The summed E-state index contributed by atoms with van der Waals surface area (Å²) in [4.78, 5) is 28.6. The number of nitrogens with zero attached hydrogens (tertiary/aromatic N) is 1. The fourth-order valence-corrected chi connectivity index (χ4v) is 8.30. The minimum absolute atomic E-state index is 0.0913. The molecule has 0 aromatic heterocycles. The SMILES string of the molecule is C[C@H]1CCCN(C(=O)CC2(CC(=O)NC3C4CC5CC(C4)CC3C5)CCCCC2)C1. The number of likely N-dealkylation sites (tertiary alicyclic amines) is 1. The van der Waals surface area contributed by atoms with Crippen LogP contribution in [0.1, 0.15) is 96.8 Å². The third-order valence-electron chi connectivity index (χ3n) is 9.54. The van der Waals surface area contributed by atoms with Gasteiger partial charge in [-0.2, -0.15) is 0 Å². The molecule has 6 fully saturated rings. The van der Waals surface area contributed by atoms with Crippen LogP contribution in [-0.4, -0.2) is 35.8 Å². The summed E-state index contributed by atoms with van der Waals surface area (Å²) in [7, 11) is 0. The molecule has 1 N–H and O–H groups in total. The molecule has 2 amide bonds. The monoisotopic (exact) mass is 414 g/mol. The van der Waals surface area contributed by atoms with Gasteiger partial charge in [-0.25, -0.2) is 0 Å². The normalized spacial score (nSPS) is 39.7. The average molecular weight is 415 g/mol. The number of rotatable bonds is 5. The zero-order valence-corrected chi connectivity index (χ0v) is 19.0. The van der Waals surface area contributed by atoms with E-state index in [4.69, 9.17) is 0 Å². The van der Waals surface area contributed by atoms with E-state index in [1.54, 1.807) is 0 Å². The van der Waals surface area contributed by atoms with Crippen LogP contribution in [0.15, 0.2) is 0 Å². The fraction of sp³-hybridized carbons (Fsp3) is 0.923. The number of piperidine rings is 1. The van der Waals surface area contributed by atoms with Crippen LogP contribution in [0.4, 0.5) is 0 Å². The first-order valence-electron chi connectivity index (χ1n) is 13.1. The van der Waals surface area contributed by atoms with Crippen molar-refractivity contribution in [2.45, 2.75) is 103 Å². The summed E-state index contributed by atoms with van der Waals surface area (Å²) >= 11 is 0. The van der Waals surface area contributed by atoms with Gasteiger partial charge in [0, 0.05) is 32.0 Å². The van der Waals surface area contributed by atoms with E-state index in [1.165, 1.54) is 57.8 Å². The van der Waals surface area contributed by atoms with Gasteiger partial charge in [-0.05, 0) is 92.8 Å². The minimum atomic E-state index is -0.0913. The maximum absolute atomic E-state index is 13.3. The Hall–Kier alpha value is -1.06. The molecule has 168 valence electrons. The molecule has 5 aliphatic carbocycles. The molecular weight excluding hydrogens is 372 g/mol. The van der Waals surface area contributed by atoms with E-state index in [2.05, 4.69) is 17.1 Å². The molecule has 6 rings (SSSR count). The number of hydrogen-bond acceptors (Lipinski definition) is 2. The van der Waals surface area contributed by atoms with E-state index in [0.29, 0.717) is 30.7 Å². The standard InChI is InChI=1S/C26H42N2O2/c1-18-6-5-9-28(17-18)24(30)16-26(7-3-2-4-8-26)15-23(29)27-25-21-11-19-10-20(13-21)14-22(25)12-19/h18-22,25H,2-17H2,1H3,(H,27,29)/t18-,19?,20?,21?,22?,25?/m0/s1. The van der Waals surface area contributed by atoms with Gasteiger partial charge in [0.2, 0.25) is 11.8 Å². The first-order valence-corrected chi connectivity index (χ1v) is 13.1. The van der Waals surface area contributed by atoms with Crippen LogP contribution in [0.25, 0.3) is 0 Å². The van der Waals surface area contributed by atoms with E-state index in [0.717, 1.165) is 56.0 Å². The third kappa shape index (κ3) is 4.30. The van der Waals surface area contributed by atoms with E-state index in [9.17, 15) is 9.59 Å². The van der Waals surface area contributed by atoms with Gasteiger partial charge >= 0.3 is 0 Å². The Kier molecular flexibility index (Phi) is 5.88. The average Bonchev–Trinajstić information content (AvgIpc) is 2.70. The van der Waals surface area contributed by atoms with Crippen molar-refractivity contribution < 1.29 is 9.59 Å². The van der Waals surface area contributed by atoms with Crippen molar-refractivity contribution in [1.82, 2.24) is 10.2 Å². The van der Waals surface area contributed by atoms with Gasteiger partial charge in [-0.15, -0.1) is 0 Å². The summed E-state index contributed by atoms with van der Waals surface area (Å²) in [6.45, 7) is 4.09. The van der Waals surface area contributed by atoms with E-state index in [1.807, 2.05) is 0 Å². The highest BCUT2D eigenvalue weighted by Crippen LogP contribution is 2.54. The molecule has 1 aliphatic heterocycles. The lowest BCUT2D eigenvalue weighted by Crippen LogP contribution is -2.56. The second-order valence-corrected chi connectivity index (χ2v) is 12.0. The molecular formula is C26H42N2O2. The predicted octanol–water partition coefficient (Wildman–Crippen LogP) is 4.92. The van der Waals surface area contributed by atoms with Crippen LogP contribution in [0.3, 0.4) is 0 Å². The molecule has 0 radical (unpaired) electrons. The molecule has 1 heterocycles. The molecule has 4 nitrogen and oxygen atoms in total. The summed E-state index contributed by atoms with van der Waals surface area (Å²) < 4.78 is 0. The molecule has 5 saturated carbocycles. The summed E-state index contributed by atoms with van der Waals surface area (Å²) in [5, 5.41) is 3.53. The Morgan fingerprint density at radius 3 is 2.20 bits per heavy atom. The Balaban J connectivity index is 1.22. The molecule has 0 spiro atoms. The minimum Gasteiger partial charge on any atom is -0.353 e. The maximum atomic E-state index is 13.3. The lowest BCUT2D eigenvalue weighted by molar-refractivity contribution is -0.137. The van der Waals surface area contributed by atoms with Crippen molar-refractivity contribution in [2.75, 3.05) is 13.1 Å². The lowest BCUT2D eigenvalue weighted by atomic mass is 9.54. The van der Waals surface area contributed by atoms with Gasteiger partial charge in [0.1, 0.15) is 0 Å². The predicted molar refractivity (Wildman–Crippen MR) is 119 cm³/mol. The van der Waals surface area contributed by atoms with E-state index < -0.39 is 0 Å². The maximum Gasteiger partial charge on any atom is 0.223 e. The van der Waals surface area contributed by atoms with Crippen molar-refractivity contribution >= 4 is 11.8 Å². The number of carbonyl (C=O) groups is 2. The highest BCUT2D eigenvalue weighted by molar-refractivity contribution is 5.81. The van der Waals surface area contributed by atoms with Crippen LogP contribution < -0.4 is 5.32 Å². The largest absolute Gasteiger partial charge is 0.353 e. The summed E-state index contributed by atoms with van der Waals surface area (Å²) in [5.74, 6) is 4.50. The van der Waals surface area contributed by atoms with Crippen molar-refractivity contribution in [3.63, 3.8) is 0 Å². The molecule has 0 unspecified atom stereocenters. The van der Waals surface area contributed by atoms with Crippen molar-refractivity contribution in [2.24, 2.45) is 35.0 Å². The van der Waals surface area contributed by atoms with Gasteiger partial charge < -0.3 is 10.2 Å². The lowest BCUT2D eigenvalue weighted by Gasteiger charge is -2.54. The third-order valence-corrected chi connectivity index (χ3v) is 9.54. The fourth-order valence-electron chi connectivity index (χ4n) is 8.30. The molecule has 0 aromatic rings. The number of nitrogens with one attached hydrogen (secondary N) is 1. The van der Waals surface area contributed by atoms with Crippen molar-refractivity contribution in [1.29, 1.82) is 0 Å². The first kappa shape index (κ1) is 20.8. The zero-order valence-electron chi connectivity index (χ0n) is 19.0. The Bertz CT molecular complexity index is 625. The highest BCUT2D eigenvalue weighted by Gasteiger charge is 2.49. The molecule has 1 atom stereocenters. The molecule has 4 heteroatoms. The van der Waals surface area contributed by atoms with Gasteiger partial charge in [0.15, 0.2) is 0 Å². The smallest absolute Gasteiger partial charge is 0.223 e. The van der Waals surface area contributed by atoms with Gasteiger partial charge in [-0.3, -0.25) is 9.59 Å². The molecule has 6 aliphatic rings. The second-order valence-electron chi connectivity index (χ2n) is 12.0. The summed E-state index contributed by atoms with van der Waals surface area (Å²) in [6.07, 6.45) is 16.1. The van der Waals surface area contributed by atoms with Gasteiger partial charge in [-0.1, -0.05) is 26.2 Å². The zero-order chi connectivity index (χ0) is 20.7. The number of amides is 2. The van der Waals surface area contributed by atoms with Crippen LogP contribution in [0, 0.1) is 35.0 Å². The van der Waals surface area contributed by atoms with Crippen LogP contribution in [0.2, 0.25) is 0 Å². The van der Waals surface area contributed by atoms with E-state index >= 15 is 0 Å². The van der Waals surface area contributed by atoms with Crippen molar-refractivity contribution in [3.8, 4) is 0 Å². The Morgan fingerprint density at radius 2 is 1.57 bits per heavy atom. The molecule has 4 bridgehead atoms. The van der Waals surface area contributed by atoms with Gasteiger partial charge in [0.05, 0.1) is 0 Å². The number of carbonyl (C=O) groups excluding carboxylic acids is 2. The molecule has 1 saturated heterocycles. The Labute approximate surface area is 182 Å². The van der Waals surface area contributed by atoms with Crippen LogP contribution in [-0.2, 0) is 9.59 Å². The van der Waals surface area contributed by atoms with Crippen molar-refractivity contribution in [3.05, 3.63) is 0 Å². The van der Waals surface area contributed by atoms with E-state index in [-0.39, 0.29) is 11.3 Å². The quantitative estimate of drug-likeness (QED) is 0.694. The van der Waals surface area contributed by atoms with Crippen LogP contribution in [0.5, 0.6) is 0 Å². The van der Waals surface area contributed by atoms with Crippen LogP contribution >= 0.6 is 0 Å². The van der Waals surface area contributed by atoms with Gasteiger partial charge in [0.25, 0.3) is 0 Å². The molecule has 0 aromatic carbocycles. The second kappa shape index (κ2) is 8.47. The summed E-state index contributed by atoms with van der Waals surface area (Å²) in [6, 6.07) is 0.421. The summed E-state index contributed by atoms with van der Waals surface area (Å²) in [5.41, 5.74) is -0.0913. The highest BCUT2D eigenvalue weighted by atomic mass is 16.2. The number of hydrogen-bond donors (Lipinski definition) is 1. The first-order chi connectivity index (χ1) is 14.5.